The van der Waals surface area contributed by atoms with Crippen molar-refractivity contribution < 1.29 is 4.79 Å². The Bertz CT molecular complexity index is 1080. The summed E-state index contributed by atoms with van der Waals surface area (Å²) >= 11 is 6.02. The van der Waals surface area contributed by atoms with Crippen LogP contribution in [0.2, 0.25) is 5.02 Å². The monoisotopic (exact) mass is 434 g/mol. The lowest BCUT2D eigenvalue weighted by molar-refractivity contribution is 0.0952. The van der Waals surface area contributed by atoms with E-state index in [4.69, 9.17) is 16.6 Å². The van der Waals surface area contributed by atoms with Crippen LogP contribution in [0.15, 0.2) is 54.6 Å². The van der Waals surface area contributed by atoms with Crippen molar-refractivity contribution in [1.82, 2.24) is 15.2 Å². The lowest BCUT2D eigenvalue weighted by Crippen LogP contribution is -2.31. The van der Waals surface area contributed by atoms with Crippen LogP contribution in [0.4, 0.5) is 5.82 Å². The number of carbonyl (C=O) groups excluding carboxylic acids is 1. The molecule has 6 heteroatoms. The van der Waals surface area contributed by atoms with Crippen molar-refractivity contribution in [1.29, 1.82) is 0 Å². The van der Waals surface area contributed by atoms with Crippen LogP contribution < -0.4 is 10.2 Å². The van der Waals surface area contributed by atoms with Crippen LogP contribution in [-0.4, -0.2) is 48.0 Å². The highest BCUT2D eigenvalue weighted by atomic mass is 35.5. The van der Waals surface area contributed by atoms with Crippen LogP contribution in [0, 0.1) is 0 Å². The van der Waals surface area contributed by atoms with Gasteiger partial charge < -0.3 is 10.2 Å². The van der Waals surface area contributed by atoms with Gasteiger partial charge >= 0.3 is 0 Å². The van der Waals surface area contributed by atoms with Crippen molar-refractivity contribution >= 4 is 34.2 Å². The van der Waals surface area contributed by atoms with Gasteiger partial charge in [-0.2, -0.15) is 0 Å². The summed E-state index contributed by atoms with van der Waals surface area (Å²) in [4.78, 5) is 22.6. The topological polar surface area (TPSA) is 48.5 Å². The van der Waals surface area contributed by atoms with Gasteiger partial charge in [-0.25, -0.2) is 4.98 Å². The molecule has 0 radical (unpaired) electrons. The van der Waals surface area contributed by atoms with Crippen molar-refractivity contribution in [2.24, 2.45) is 0 Å². The molecule has 1 aliphatic carbocycles. The van der Waals surface area contributed by atoms with Gasteiger partial charge in [-0.3, -0.25) is 9.69 Å². The summed E-state index contributed by atoms with van der Waals surface area (Å²) in [5, 5.41) is 4.83. The second-order valence-corrected chi connectivity index (χ2v) is 8.97. The molecular weight excluding hydrogens is 408 g/mol. The Morgan fingerprint density at radius 1 is 1.03 bits per heavy atom. The van der Waals surface area contributed by atoms with Crippen molar-refractivity contribution in [3.05, 3.63) is 70.7 Å². The molecule has 0 spiro atoms. The van der Waals surface area contributed by atoms with Gasteiger partial charge in [0, 0.05) is 49.2 Å². The Labute approximate surface area is 188 Å². The molecule has 2 fully saturated rings. The molecule has 2 heterocycles. The number of fused-ring (bicyclic) bond motifs is 1. The third-order valence-corrected chi connectivity index (χ3v) is 6.34. The van der Waals surface area contributed by atoms with E-state index in [2.05, 4.69) is 27.2 Å². The fourth-order valence-corrected chi connectivity index (χ4v) is 4.33. The summed E-state index contributed by atoms with van der Waals surface area (Å²) < 4.78 is 0. The number of para-hydroxylation sites is 1. The van der Waals surface area contributed by atoms with Crippen LogP contribution in [-0.2, 0) is 6.54 Å². The number of anilines is 1. The quantitative estimate of drug-likeness (QED) is 0.642. The summed E-state index contributed by atoms with van der Waals surface area (Å²) in [6, 6.07) is 18.4. The number of amides is 1. The zero-order valence-corrected chi connectivity index (χ0v) is 18.3. The number of hydrogen-bond acceptors (Lipinski definition) is 4. The van der Waals surface area contributed by atoms with Crippen LogP contribution in [0.1, 0.15) is 35.2 Å². The van der Waals surface area contributed by atoms with Crippen LogP contribution in [0.25, 0.3) is 10.9 Å². The average molecular weight is 435 g/mol. The molecule has 1 saturated heterocycles. The summed E-state index contributed by atoms with van der Waals surface area (Å²) in [5.41, 5.74) is 2.89. The normalized spacial score (nSPS) is 17.5. The minimum absolute atomic E-state index is 0.0153. The summed E-state index contributed by atoms with van der Waals surface area (Å²) in [6.45, 7) is 4.75. The highest BCUT2D eigenvalue weighted by Crippen LogP contribution is 2.26. The van der Waals surface area contributed by atoms with Crippen molar-refractivity contribution in [3.63, 3.8) is 0 Å². The van der Waals surface area contributed by atoms with E-state index in [1.54, 1.807) is 0 Å². The molecular formula is C25H27ClN4O. The van der Waals surface area contributed by atoms with E-state index >= 15 is 0 Å². The number of hydrogen-bond donors (Lipinski definition) is 1. The van der Waals surface area contributed by atoms with Gasteiger partial charge in [0.15, 0.2) is 0 Å². The van der Waals surface area contributed by atoms with Gasteiger partial charge in [-0.1, -0.05) is 41.9 Å². The SMILES string of the molecule is O=C(NC1CC1)c1cc(N2CCCN(Cc3ccc(Cl)cc3)CC2)nc2ccccc12. The zero-order chi connectivity index (χ0) is 21.2. The number of carbonyl (C=O) groups is 1. The van der Waals surface area contributed by atoms with Crippen molar-refractivity contribution in [2.75, 3.05) is 31.1 Å². The third-order valence-electron chi connectivity index (χ3n) is 6.09. The molecule has 0 unspecified atom stereocenters. The van der Waals surface area contributed by atoms with Gasteiger partial charge in [-0.05, 0) is 49.1 Å². The number of halogens is 1. The first-order chi connectivity index (χ1) is 15.2. The second kappa shape index (κ2) is 8.85. The molecule has 1 N–H and O–H groups in total. The van der Waals surface area contributed by atoms with Gasteiger partial charge in [0.05, 0.1) is 11.1 Å². The largest absolute Gasteiger partial charge is 0.355 e. The Kier molecular flexibility index (Phi) is 5.79. The minimum atomic E-state index is 0.0153. The second-order valence-electron chi connectivity index (χ2n) is 8.54. The number of aromatic nitrogens is 1. The first-order valence-electron chi connectivity index (χ1n) is 11.1. The molecule has 1 aromatic heterocycles. The van der Waals surface area contributed by atoms with Gasteiger partial charge in [0.2, 0.25) is 0 Å². The summed E-state index contributed by atoms with van der Waals surface area (Å²) in [7, 11) is 0. The van der Waals surface area contributed by atoms with Crippen LogP contribution in [0.5, 0.6) is 0 Å². The lowest BCUT2D eigenvalue weighted by Gasteiger charge is -2.24. The van der Waals surface area contributed by atoms with E-state index in [1.165, 1.54) is 5.56 Å². The molecule has 1 aliphatic heterocycles. The summed E-state index contributed by atoms with van der Waals surface area (Å²) in [6.07, 6.45) is 3.22. The first kappa shape index (κ1) is 20.3. The van der Waals surface area contributed by atoms with E-state index in [9.17, 15) is 4.79 Å². The van der Waals surface area contributed by atoms with E-state index in [-0.39, 0.29) is 5.91 Å². The molecule has 1 amide bonds. The number of rotatable bonds is 5. The maximum atomic E-state index is 12.9. The molecule has 2 aromatic carbocycles. The smallest absolute Gasteiger partial charge is 0.252 e. The molecule has 5 rings (SSSR count). The average Bonchev–Trinajstić information content (AvgIpc) is 3.62. The molecule has 5 nitrogen and oxygen atoms in total. The predicted octanol–water partition coefficient (Wildman–Crippen LogP) is 4.49. The molecule has 0 atom stereocenters. The fraction of sp³-hybridized carbons (Fsp3) is 0.360. The standard InChI is InChI=1S/C25H27ClN4O/c26-19-8-6-18(7-9-19)17-29-12-3-13-30(15-14-29)24-16-22(25(31)27-20-10-11-20)21-4-1-2-5-23(21)28-24/h1-2,4-9,16,20H,3,10-15,17H2,(H,27,31). The van der Waals surface area contributed by atoms with Gasteiger partial charge in [0.25, 0.3) is 5.91 Å². The number of benzene rings is 2. The summed E-state index contributed by atoms with van der Waals surface area (Å²) in [5.74, 6) is 0.912. The molecule has 31 heavy (non-hydrogen) atoms. The Morgan fingerprint density at radius 2 is 1.84 bits per heavy atom. The number of nitrogens with one attached hydrogen (secondary N) is 1. The fourth-order valence-electron chi connectivity index (χ4n) is 4.21. The molecule has 160 valence electrons. The highest BCUT2D eigenvalue weighted by Gasteiger charge is 2.26. The number of pyridine rings is 1. The Morgan fingerprint density at radius 3 is 2.65 bits per heavy atom. The molecule has 3 aromatic rings. The molecule has 0 bridgehead atoms. The van der Waals surface area contributed by atoms with Gasteiger partial charge in [-0.15, -0.1) is 0 Å². The van der Waals surface area contributed by atoms with E-state index < -0.39 is 0 Å². The Hall–Kier alpha value is -2.63. The Balaban J connectivity index is 1.35. The number of nitrogens with zero attached hydrogens (tertiary/aromatic N) is 3. The van der Waals surface area contributed by atoms with Crippen molar-refractivity contribution in [3.8, 4) is 0 Å². The zero-order valence-electron chi connectivity index (χ0n) is 17.6. The maximum Gasteiger partial charge on any atom is 0.252 e. The van der Waals surface area contributed by atoms with Gasteiger partial charge in [0.1, 0.15) is 5.82 Å². The molecule has 1 saturated carbocycles. The van der Waals surface area contributed by atoms with Crippen LogP contribution in [0.3, 0.4) is 0 Å². The minimum Gasteiger partial charge on any atom is -0.355 e. The third kappa shape index (κ3) is 4.83. The van der Waals surface area contributed by atoms with E-state index in [0.29, 0.717) is 6.04 Å². The van der Waals surface area contributed by atoms with E-state index in [0.717, 1.165) is 79.3 Å². The highest BCUT2D eigenvalue weighted by molar-refractivity contribution is 6.30. The van der Waals surface area contributed by atoms with Crippen LogP contribution >= 0.6 is 11.6 Å². The predicted molar refractivity (Wildman–Crippen MR) is 126 cm³/mol. The first-order valence-corrected chi connectivity index (χ1v) is 11.5. The maximum absolute atomic E-state index is 12.9. The van der Waals surface area contributed by atoms with E-state index in [1.807, 2.05) is 42.5 Å². The van der Waals surface area contributed by atoms with Crippen molar-refractivity contribution in [2.45, 2.75) is 31.8 Å². The molecule has 2 aliphatic rings. The lowest BCUT2D eigenvalue weighted by atomic mass is 10.1.